The molecule has 2 aliphatic carbocycles. The van der Waals surface area contributed by atoms with Gasteiger partial charge < -0.3 is 11.1 Å². The van der Waals surface area contributed by atoms with Crippen LogP contribution < -0.4 is 15.8 Å². The van der Waals surface area contributed by atoms with Crippen molar-refractivity contribution in [1.82, 2.24) is 10.0 Å². The fourth-order valence-corrected chi connectivity index (χ4v) is 4.82. The van der Waals surface area contributed by atoms with Crippen molar-refractivity contribution in [2.75, 3.05) is 12.3 Å². The van der Waals surface area contributed by atoms with Crippen LogP contribution in [0.15, 0.2) is 47.4 Å². The maximum atomic E-state index is 12.8. The van der Waals surface area contributed by atoms with Crippen LogP contribution in [0.25, 0.3) is 0 Å². The van der Waals surface area contributed by atoms with Crippen LogP contribution >= 0.6 is 12.4 Å². The number of rotatable bonds is 6. The fourth-order valence-electron chi connectivity index (χ4n) is 3.66. The zero-order valence-electron chi connectivity index (χ0n) is 16.1. The van der Waals surface area contributed by atoms with Crippen LogP contribution in [-0.4, -0.2) is 20.9 Å². The van der Waals surface area contributed by atoms with Crippen LogP contribution in [0.5, 0.6) is 0 Å². The Bertz CT molecular complexity index is 1010. The molecule has 1 saturated carbocycles. The Balaban J connectivity index is 0.00000240. The number of halogens is 1. The summed E-state index contributed by atoms with van der Waals surface area (Å²) in [6.45, 7) is 0.459. The maximum absolute atomic E-state index is 12.8. The van der Waals surface area contributed by atoms with Gasteiger partial charge in [0.2, 0.25) is 10.0 Å². The van der Waals surface area contributed by atoms with Crippen LogP contribution in [0.3, 0.4) is 0 Å². The topological polar surface area (TPSA) is 101 Å². The van der Waals surface area contributed by atoms with Gasteiger partial charge in [0.1, 0.15) is 0 Å². The first kappa shape index (κ1) is 21.6. The summed E-state index contributed by atoms with van der Waals surface area (Å²) in [4.78, 5) is 12.9. The molecule has 6 nitrogen and oxygen atoms in total. The van der Waals surface area contributed by atoms with Crippen LogP contribution in [-0.2, 0) is 16.4 Å². The Hall–Kier alpha value is -2.09. The fraction of sp³-hybridized carbons (Fsp3) is 0.381. The molecule has 2 aromatic carbocycles. The minimum absolute atomic E-state index is 0. The smallest absolute Gasteiger partial charge is 0.251 e. The van der Waals surface area contributed by atoms with Gasteiger partial charge in [-0.15, -0.1) is 12.4 Å². The van der Waals surface area contributed by atoms with E-state index in [0.717, 1.165) is 48.9 Å². The highest BCUT2D eigenvalue weighted by Crippen LogP contribution is 2.31. The minimum Gasteiger partial charge on any atom is -0.399 e. The highest BCUT2D eigenvalue weighted by Gasteiger charge is 2.25. The highest BCUT2D eigenvalue weighted by molar-refractivity contribution is 7.89. The predicted octanol–water partition coefficient (Wildman–Crippen LogP) is 3.19. The number of nitrogen functional groups attached to an aromatic ring is 1. The van der Waals surface area contributed by atoms with Crippen molar-refractivity contribution in [3.8, 4) is 0 Å². The molecule has 1 amide bonds. The van der Waals surface area contributed by atoms with E-state index in [4.69, 9.17) is 5.73 Å². The van der Waals surface area contributed by atoms with Gasteiger partial charge in [-0.1, -0.05) is 12.1 Å². The lowest BCUT2D eigenvalue weighted by atomic mass is 9.87. The average Bonchev–Trinajstić information content (AvgIpc) is 3.51. The maximum Gasteiger partial charge on any atom is 0.251 e. The van der Waals surface area contributed by atoms with Gasteiger partial charge in [-0.05, 0) is 79.5 Å². The first-order valence-electron chi connectivity index (χ1n) is 9.71. The Morgan fingerprint density at radius 2 is 1.90 bits per heavy atom. The van der Waals surface area contributed by atoms with Crippen molar-refractivity contribution in [2.45, 2.75) is 43.0 Å². The molecule has 4 rings (SSSR count). The Morgan fingerprint density at radius 1 is 1.10 bits per heavy atom. The number of benzene rings is 2. The molecule has 0 saturated heterocycles. The van der Waals surface area contributed by atoms with Crippen molar-refractivity contribution in [1.29, 1.82) is 0 Å². The zero-order chi connectivity index (χ0) is 19.7. The van der Waals surface area contributed by atoms with E-state index in [2.05, 4.69) is 10.0 Å². The number of aryl methyl sites for hydroxylation is 1. The van der Waals surface area contributed by atoms with E-state index < -0.39 is 10.0 Å². The van der Waals surface area contributed by atoms with Gasteiger partial charge in [-0.2, -0.15) is 0 Å². The molecule has 156 valence electrons. The normalized spacial score (nSPS) is 18.4. The number of nitrogens with one attached hydrogen (secondary N) is 2. The molecule has 0 aliphatic heterocycles. The third kappa shape index (κ3) is 5.10. The van der Waals surface area contributed by atoms with E-state index in [0.29, 0.717) is 18.0 Å². The molecule has 8 heteroatoms. The summed E-state index contributed by atoms with van der Waals surface area (Å²) in [6.07, 6.45) is 4.91. The van der Waals surface area contributed by atoms with Crippen molar-refractivity contribution in [2.24, 2.45) is 5.92 Å². The number of hydrogen-bond donors (Lipinski definition) is 3. The first-order chi connectivity index (χ1) is 13.4. The Labute approximate surface area is 177 Å². The number of nitrogens with two attached hydrogens (primary N) is 1. The van der Waals surface area contributed by atoms with Crippen LogP contribution in [0.4, 0.5) is 5.69 Å². The van der Waals surface area contributed by atoms with E-state index in [-0.39, 0.29) is 29.3 Å². The molecular formula is C21H26ClN3O3S. The summed E-state index contributed by atoms with van der Waals surface area (Å²) >= 11 is 0. The third-order valence-corrected chi connectivity index (χ3v) is 6.87. The SMILES string of the molecule is Cl.Nc1ccc2c(c1)CCCC2NC(=O)c1cccc(S(=O)(=O)NCC2CC2)c1. The number of hydrogen-bond acceptors (Lipinski definition) is 4. The van der Waals surface area contributed by atoms with Crippen LogP contribution in [0.2, 0.25) is 0 Å². The predicted molar refractivity (Wildman–Crippen MR) is 116 cm³/mol. The number of anilines is 1. The summed E-state index contributed by atoms with van der Waals surface area (Å²) in [5, 5.41) is 3.05. The molecular weight excluding hydrogens is 410 g/mol. The molecule has 0 aromatic heterocycles. The second kappa shape index (κ2) is 8.73. The molecule has 1 unspecified atom stereocenters. The van der Waals surface area contributed by atoms with Gasteiger partial charge in [-0.25, -0.2) is 13.1 Å². The lowest BCUT2D eigenvalue weighted by Crippen LogP contribution is -2.31. The molecule has 0 bridgehead atoms. The average molecular weight is 436 g/mol. The van der Waals surface area contributed by atoms with E-state index in [1.165, 1.54) is 12.1 Å². The lowest BCUT2D eigenvalue weighted by Gasteiger charge is -2.26. The second-order valence-electron chi connectivity index (χ2n) is 7.70. The van der Waals surface area contributed by atoms with Crippen molar-refractivity contribution in [3.05, 3.63) is 59.2 Å². The number of carbonyl (C=O) groups is 1. The molecule has 0 radical (unpaired) electrons. The summed E-state index contributed by atoms with van der Waals surface area (Å²) in [5.74, 6) is 0.176. The van der Waals surface area contributed by atoms with Gasteiger partial charge >= 0.3 is 0 Å². The minimum atomic E-state index is -3.60. The molecule has 29 heavy (non-hydrogen) atoms. The van der Waals surface area contributed by atoms with Crippen LogP contribution in [0.1, 0.15) is 53.2 Å². The Morgan fingerprint density at radius 3 is 2.66 bits per heavy atom. The van der Waals surface area contributed by atoms with Gasteiger partial charge in [-0.3, -0.25) is 4.79 Å². The number of amides is 1. The van der Waals surface area contributed by atoms with Crippen LogP contribution in [0, 0.1) is 5.92 Å². The summed E-state index contributed by atoms with van der Waals surface area (Å²) in [5.41, 5.74) is 9.19. The molecule has 4 N–H and O–H groups in total. The van der Waals surface area contributed by atoms with E-state index in [1.807, 2.05) is 18.2 Å². The highest BCUT2D eigenvalue weighted by atomic mass is 35.5. The summed E-state index contributed by atoms with van der Waals surface area (Å²) < 4.78 is 27.6. The van der Waals surface area contributed by atoms with E-state index in [9.17, 15) is 13.2 Å². The quantitative estimate of drug-likeness (QED) is 0.606. The van der Waals surface area contributed by atoms with Crippen molar-refractivity contribution < 1.29 is 13.2 Å². The monoisotopic (exact) mass is 435 g/mol. The first-order valence-corrected chi connectivity index (χ1v) is 11.2. The third-order valence-electron chi connectivity index (χ3n) is 5.45. The van der Waals surface area contributed by atoms with Gasteiger partial charge in [0.25, 0.3) is 5.91 Å². The molecule has 2 aliphatic rings. The summed E-state index contributed by atoms with van der Waals surface area (Å²) in [7, 11) is -3.60. The van der Waals surface area contributed by atoms with E-state index >= 15 is 0 Å². The summed E-state index contributed by atoms with van der Waals surface area (Å²) in [6, 6.07) is 11.9. The number of carbonyl (C=O) groups excluding carboxylic acids is 1. The molecule has 2 aromatic rings. The lowest BCUT2D eigenvalue weighted by molar-refractivity contribution is 0.0932. The van der Waals surface area contributed by atoms with E-state index in [1.54, 1.807) is 12.1 Å². The van der Waals surface area contributed by atoms with Gasteiger partial charge in [0.15, 0.2) is 0 Å². The Kier molecular flexibility index (Phi) is 6.51. The molecule has 1 fully saturated rings. The zero-order valence-corrected chi connectivity index (χ0v) is 17.7. The van der Waals surface area contributed by atoms with Gasteiger partial charge in [0, 0.05) is 17.8 Å². The second-order valence-corrected chi connectivity index (χ2v) is 9.47. The molecule has 1 atom stereocenters. The number of sulfonamides is 1. The standard InChI is InChI=1S/C21H25N3O3S.ClH/c22-17-9-10-19-15(11-17)3-2-6-20(19)24-21(25)16-4-1-5-18(12-16)28(26,27)23-13-14-7-8-14;/h1,4-5,9-12,14,20,23H,2-3,6-8,13,22H2,(H,24,25);1H. The molecule has 0 spiro atoms. The number of fused-ring (bicyclic) bond motifs is 1. The largest absolute Gasteiger partial charge is 0.399 e. The molecule has 0 heterocycles. The van der Waals surface area contributed by atoms with Crippen molar-refractivity contribution in [3.63, 3.8) is 0 Å². The van der Waals surface area contributed by atoms with Gasteiger partial charge in [0.05, 0.1) is 10.9 Å². The van der Waals surface area contributed by atoms with Crippen molar-refractivity contribution >= 4 is 34.0 Å².